The minimum absolute atomic E-state index is 0.354. The van der Waals surface area contributed by atoms with E-state index < -0.39 is 18.1 Å². The fraction of sp³-hybridized carbons (Fsp3) is 0.600. The lowest BCUT2D eigenvalue weighted by Crippen LogP contribution is -2.43. The van der Waals surface area contributed by atoms with Crippen LogP contribution in [0, 0.1) is 0 Å². The van der Waals surface area contributed by atoms with E-state index in [-0.39, 0.29) is 0 Å². The van der Waals surface area contributed by atoms with E-state index in [9.17, 15) is 14.7 Å². The lowest BCUT2D eigenvalue weighted by molar-refractivity contribution is -0.120. The van der Waals surface area contributed by atoms with Gasteiger partial charge in [0.05, 0.1) is 6.10 Å². The highest BCUT2D eigenvalue weighted by molar-refractivity contribution is 5.95. The minimum Gasteiger partial charge on any atom is -0.391 e. The molecule has 0 heterocycles. The molecule has 0 saturated heterocycles. The highest BCUT2D eigenvalue weighted by Gasteiger charge is 2.18. The number of nitrogens with one attached hydrogen (secondary N) is 1. The van der Waals surface area contributed by atoms with Crippen LogP contribution in [0.3, 0.4) is 0 Å². The Kier molecular flexibility index (Phi) is 10.0. The number of amides is 1. The molecule has 2 atom stereocenters. The number of benzene rings is 1. The largest absolute Gasteiger partial charge is 0.391 e. The van der Waals surface area contributed by atoms with Crippen molar-refractivity contribution in [1.82, 2.24) is 0 Å². The second kappa shape index (κ2) is 11.8. The molecule has 0 aliphatic rings. The van der Waals surface area contributed by atoms with E-state index in [0.717, 1.165) is 31.2 Å². The van der Waals surface area contributed by atoms with Crippen LogP contribution in [0.1, 0.15) is 64.4 Å². The van der Waals surface area contributed by atoms with Gasteiger partial charge in [0.2, 0.25) is 5.91 Å². The molecular weight excluding hydrogens is 316 g/mol. The third kappa shape index (κ3) is 8.79. The van der Waals surface area contributed by atoms with E-state index in [1.165, 1.54) is 19.8 Å². The van der Waals surface area contributed by atoms with Crippen molar-refractivity contribution in [3.63, 3.8) is 0 Å². The van der Waals surface area contributed by atoms with Crippen LogP contribution in [0.15, 0.2) is 24.3 Å². The summed E-state index contributed by atoms with van der Waals surface area (Å²) in [4.78, 5) is 23.6. The highest BCUT2D eigenvalue weighted by Crippen LogP contribution is 2.13. The summed E-state index contributed by atoms with van der Waals surface area (Å²) in [5.74, 6) is -0.0523. The number of anilines is 1. The second-order valence-corrected chi connectivity index (χ2v) is 6.66. The number of hydrogen-bond donors (Lipinski definition) is 3. The van der Waals surface area contributed by atoms with Crippen LogP contribution in [0.25, 0.3) is 0 Å². The van der Waals surface area contributed by atoms with Gasteiger partial charge in [-0.2, -0.15) is 0 Å². The van der Waals surface area contributed by atoms with Gasteiger partial charge in [0.25, 0.3) is 0 Å². The molecule has 0 aliphatic heterocycles. The van der Waals surface area contributed by atoms with Crippen LogP contribution in [0.2, 0.25) is 0 Å². The number of Topliss-reactive ketones (excluding diaryl/α,β-unsaturated/α-hetero) is 1. The number of rotatable bonds is 12. The van der Waals surface area contributed by atoms with Crippen molar-refractivity contribution in [3.8, 4) is 0 Å². The molecule has 1 aromatic rings. The summed E-state index contributed by atoms with van der Waals surface area (Å²) in [5, 5.41) is 12.0. The topological polar surface area (TPSA) is 92.4 Å². The summed E-state index contributed by atoms with van der Waals surface area (Å²) >= 11 is 0. The van der Waals surface area contributed by atoms with Gasteiger partial charge in [-0.1, -0.05) is 38.3 Å². The van der Waals surface area contributed by atoms with E-state index >= 15 is 0 Å². The molecule has 140 valence electrons. The average Bonchev–Trinajstić information content (AvgIpc) is 2.59. The number of aliphatic hydroxyl groups excluding tert-OH is 1. The van der Waals surface area contributed by atoms with E-state index in [1.54, 1.807) is 0 Å². The van der Waals surface area contributed by atoms with Gasteiger partial charge in [-0.05, 0) is 43.9 Å². The van der Waals surface area contributed by atoms with Crippen molar-refractivity contribution in [2.45, 2.75) is 77.4 Å². The Morgan fingerprint density at radius 3 is 2.32 bits per heavy atom. The zero-order chi connectivity index (χ0) is 18.7. The predicted molar refractivity (Wildman–Crippen MR) is 101 cm³/mol. The lowest BCUT2D eigenvalue weighted by atomic mass is 10.0. The Hall–Kier alpha value is -1.72. The average molecular weight is 348 g/mol. The van der Waals surface area contributed by atoms with Crippen LogP contribution < -0.4 is 11.1 Å². The fourth-order valence-corrected chi connectivity index (χ4v) is 2.56. The molecule has 1 amide bonds. The van der Waals surface area contributed by atoms with Crippen LogP contribution >= 0.6 is 0 Å². The maximum Gasteiger partial charge on any atom is 0.243 e. The SMILES string of the molecule is CCCCCCC(=O)CCCc1ccc(NC(=O)[C@@H](N)[C@@H](C)O)cc1. The fourth-order valence-electron chi connectivity index (χ4n) is 2.56. The highest BCUT2D eigenvalue weighted by atomic mass is 16.3. The first-order valence-corrected chi connectivity index (χ1v) is 9.29. The van der Waals surface area contributed by atoms with Crippen molar-refractivity contribution < 1.29 is 14.7 Å². The maximum atomic E-state index is 11.8. The molecule has 1 aromatic carbocycles. The second-order valence-electron chi connectivity index (χ2n) is 6.66. The first-order valence-electron chi connectivity index (χ1n) is 9.29. The van der Waals surface area contributed by atoms with Crippen molar-refractivity contribution in [1.29, 1.82) is 0 Å². The number of unbranched alkanes of at least 4 members (excludes halogenated alkanes) is 3. The summed E-state index contributed by atoms with van der Waals surface area (Å²) in [6.07, 6.45) is 6.70. The van der Waals surface area contributed by atoms with Crippen molar-refractivity contribution in [2.75, 3.05) is 5.32 Å². The molecule has 0 bridgehead atoms. The molecule has 25 heavy (non-hydrogen) atoms. The van der Waals surface area contributed by atoms with Gasteiger partial charge in [-0.25, -0.2) is 0 Å². The van der Waals surface area contributed by atoms with Crippen LogP contribution in [0.5, 0.6) is 0 Å². The molecule has 5 heteroatoms. The quantitative estimate of drug-likeness (QED) is 0.506. The van der Waals surface area contributed by atoms with E-state index in [4.69, 9.17) is 5.73 Å². The predicted octanol–water partition coefficient (Wildman–Crippen LogP) is 3.20. The minimum atomic E-state index is -0.942. The van der Waals surface area contributed by atoms with Crippen molar-refractivity contribution in [3.05, 3.63) is 29.8 Å². The normalized spacial score (nSPS) is 13.3. The Morgan fingerprint density at radius 1 is 1.08 bits per heavy atom. The van der Waals surface area contributed by atoms with E-state index in [0.29, 0.717) is 24.3 Å². The van der Waals surface area contributed by atoms with Crippen LogP contribution in [-0.4, -0.2) is 28.9 Å². The van der Waals surface area contributed by atoms with Crippen molar-refractivity contribution in [2.24, 2.45) is 5.73 Å². The van der Waals surface area contributed by atoms with Gasteiger partial charge in [-0.3, -0.25) is 9.59 Å². The number of ketones is 1. The zero-order valence-electron chi connectivity index (χ0n) is 15.5. The standard InChI is InChI=1S/C20H32N2O3/c1-3-4-5-6-9-18(24)10-7-8-16-11-13-17(14-12-16)22-20(25)19(21)15(2)23/h11-15,19,23H,3-10,21H2,1-2H3,(H,22,25)/t15-,19+/m1/s1. The lowest BCUT2D eigenvalue weighted by Gasteiger charge is -2.14. The first-order chi connectivity index (χ1) is 11.9. The van der Waals surface area contributed by atoms with Gasteiger partial charge in [0, 0.05) is 18.5 Å². The molecule has 0 spiro atoms. The molecule has 0 aromatic heterocycles. The summed E-state index contributed by atoms with van der Waals surface area (Å²) < 4.78 is 0. The third-order valence-corrected chi connectivity index (χ3v) is 4.27. The molecule has 0 aliphatic carbocycles. The molecule has 5 nitrogen and oxygen atoms in total. The number of hydrogen-bond acceptors (Lipinski definition) is 4. The first kappa shape index (κ1) is 21.3. The van der Waals surface area contributed by atoms with Gasteiger partial charge >= 0.3 is 0 Å². The Balaban J connectivity index is 2.30. The molecule has 0 saturated carbocycles. The number of nitrogens with two attached hydrogens (primary N) is 1. The Labute approximate surface area is 151 Å². The Morgan fingerprint density at radius 2 is 1.72 bits per heavy atom. The van der Waals surface area contributed by atoms with E-state index in [1.807, 2.05) is 24.3 Å². The van der Waals surface area contributed by atoms with Gasteiger partial charge in [0.1, 0.15) is 11.8 Å². The van der Waals surface area contributed by atoms with E-state index in [2.05, 4.69) is 12.2 Å². The van der Waals surface area contributed by atoms with Gasteiger partial charge < -0.3 is 16.2 Å². The number of aryl methyl sites for hydroxylation is 1. The van der Waals surface area contributed by atoms with Crippen LogP contribution in [0.4, 0.5) is 5.69 Å². The van der Waals surface area contributed by atoms with Gasteiger partial charge in [0.15, 0.2) is 0 Å². The van der Waals surface area contributed by atoms with Crippen molar-refractivity contribution >= 4 is 17.4 Å². The molecule has 4 N–H and O–H groups in total. The number of carbonyl (C=O) groups is 2. The maximum absolute atomic E-state index is 11.8. The number of aliphatic hydroxyl groups is 1. The zero-order valence-corrected chi connectivity index (χ0v) is 15.5. The molecular formula is C20H32N2O3. The molecule has 1 rings (SSSR count). The Bertz CT molecular complexity index is 526. The molecule has 0 radical (unpaired) electrons. The molecule has 0 fully saturated rings. The van der Waals surface area contributed by atoms with Crippen LogP contribution in [-0.2, 0) is 16.0 Å². The number of carbonyl (C=O) groups excluding carboxylic acids is 2. The van der Waals surface area contributed by atoms with Gasteiger partial charge in [-0.15, -0.1) is 0 Å². The summed E-state index contributed by atoms with van der Waals surface area (Å²) in [6, 6.07) is 6.57. The monoisotopic (exact) mass is 348 g/mol. The smallest absolute Gasteiger partial charge is 0.243 e. The summed E-state index contributed by atoms with van der Waals surface area (Å²) in [5.41, 5.74) is 7.37. The molecule has 0 unspecified atom stereocenters. The third-order valence-electron chi connectivity index (χ3n) is 4.27. The summed E-state index contributed by atoms with van der Waals surface area (Å²) in [6.45, 7) is 3.65. The summed E-state index contributed by atoms with van der Waals surface area (Å²) in [7, 11) is 0.